The molecule has 1 saturated heterocycles. The first-order chi connectivity index (χ1) is 10.3. The molecule has 1 aromatic rings. The van der Waals surface area contributed by atoms with Crippen molar-refractivity contribution in [3.8, 4) is 0 Å². The van der Waals surface area contributed by atoms with Crippen LogP contribution in [0.25, 0.3) is 0 Å². The van der Waals surface area contributed by atoms with Crippen molar-refractivity contribution in [3.05, 3.63) is 27.7 Å². The Balaban J connectivity index is 2.24. The number of pyridine rings is 1. The van der Waals surface area contributed by atoms with Crippen LogP contribution in [0.3, 0.4) is 0 Å². The van der Waals surface area contributed by atoms with Gasteiger partial charge in [-0.05, 0) is 13.3 Å². The molecular formula is C13H16N4O5. The number of nitrogens with zero attached hydrogens (tertiary/aromatic N) is 2. The van der Waals surface area contributed by atoms with Crippen LogP contribution in [0.4, 0.5) is 5.69 Å². The van der Waals surface area contributed by atoms with Gasteiger partial charge in [0, 0.05) is 12.2 Å². The van der Waals surface area contributed by atoms with Crippen molar-refractivity contribution in [2.75, 3.05) is 12.3 Å². The van der Waals surface area contributed by atoms with Crippen molar-refractivity contribution < 1.29 is 19.4 Å². The number of hydrogen-bond acceptors (Lipinski definition) is 6. The molecule has 1 fully saturated rings. The predicted molar refractivity (Wildman–Crippen MR) is 75.2 cm³/mol. The molecule has 3 rings (SSSR count). The molecule has 0 radical (unpaired) electrons. The number of ether oxygens (including phenoxy) is 1. The molecule has 0 bridgehead atoms. The van der Waals surface area contributed by atoms with Crippen molar-refractivity contribution in [1.82, 2.24) is 9.47 Å². The van der Waals surface area contributed by atoms with E-state index in [9.17, 15) is 14.4 Å². The number of fused-ring (bicyclic) bond motifs is 2. The molecule has 118 valence electrons. The van der Waals surface area contributed by atoms with Crippen LogP contribution in [0.5, 0.6) is 0 Å². The van der Waals surface area contributed by atoms with E-state index in [1.54, 1.807) is 0 Å². The molecule has 9 nitrogen and oxygen atoms in total. The summed E-state index contributed by atoms with van der Waals surface area (Å²) in [5.74, 6) is -3.32. The van der Waals surface area contributed by atoms with Gasteiger partial charge in [0.25, 0.3) is 5.91 Å². The lowest BCUT2D eigenvalue weighted by Gasteiger charge is -2.50. The number of carbonyl (C=O) groups is 2. The van der Waals surface area contributed by atoms with Crippen LogP contribution in [0, 0.1) is 0 Å². The molecule has 0 aliphatic carbocycles. The van der Waals surface area contributed by atoms with E-state index in [1.807, 2.05) is 6.92 Å². The number of rotatable bonds is 1. The molecule has 2 aliphatic rings. The average molecular weight is 308 g/mol. The highest BCUT2D eigenvalue weighted by Crippen LogP contribution is 2.32. The van der Waals surface area contributed by atoms with Crippen LogP contribution in [-0.2, 0) is 11.3 Å². The van der Waals surface area contributed by atoms with Crippen LogP contribution >= 0.6 is 0 Å². The first-order valence-electron chi connectivity index (χ1n) is 6.79. The lowest BCUT2D eigenvalue weighted by molar-refractivity contribution is -0.193. The Morgan fingerprint density at radius 2 is 2.18 bits per heavy atom. The molecule has 2 aliphatic heterocycles. The number of carboxylic acid groups (broad SMARTS) is 1. The summed E-state index contributed by atoms with van der Waals surface area (Å²) in [5, 5.41) is 9.07. The number of nitrogen functional groups attached to an aromatic ring is 1. The summed E-state index contributed by atoms with van der Waals surface area (Å²) in [6.07, 6.45) is 1.70. The van der Waals surface area contributed by atoms with E-state index >= 15 is 0 Å². The molecule has 3 heterocycles. The summed E-state index contributed by atoms with van der Waals surface area (Å²) in [6.45, 7) is 2.22. The SMILES string of the molecule is C[C@@H]1CCO[C@@]2(N)Cn3cc(C(=O)O)c(=O)c(N)c3C(=O)N12. The van der Waals surface area contributed by atoms with Crippen LogP contribution in [0.2, 0.25) is 0 Å². The van der Waals surface area contributed by atoms with E-state index in [1.165, 1.54) is 9.47 Å². The monoisotopic (exact) mass is 308 g/mol. The van der Waals surface area contributed by atoms with Gasteiger partial charge in [0.1, 0.15) is 16.9 Å². The standard InChI is InChI=1S/C13H16N4O5/c1-6-2-3-22-13(15)5-16-4-7(12(20)21)10(18)8(14)9(16)11(19)17(6)13/h4,6H,2-3,5,14-15H2,1H3,(H,20,21)/t6-,13-/m1/s1. The zero-order valence-corrected chi connectivity index (χ0v) is 11.9. The third-order valence-electron chi connectivity index (χ3n) is 4.10. The van der Waals surface area contributed by atoms with Gasteiger partial charge in [-0.25, -0.2) is 4.79 Å². The van der Waals surface area contributed by atoms with Gasteiger partial charge in [-0.15, -0.1) is 0 Å². The van der Waals surface area contributed by atoms with E-state index in [4.69, 9.17) is 21.3 Å². The summed E-state index contributed by atoms with van der Waals surface area (Å²) >= 11 is 0. The normalized spacial score (nSPS) is 27.3. The maximum Gasteiger partial charge on any atom is 0.341 e. The number of carbonyl (C=O) groups excluding carboxylic acids is 1. The molecule has 1 aromatic heterocycles. The smallest absolute Gasteiger partial charge is 0.341 e. The maximum atomic E-state index is 12.7. The fourth-order valence-corrected chi connectivity index (χ4v) is 3.03. The Labute approximate surface area is 125 Å². The Hall–Kier alpha value is -2.39. The van der Waals surface area contributed by atoms with Gasteiger partial charge in [0.15, 0.2) is 0 Å². The minimum absolute atomic E-state index is 0.00315. The first-order valence-corrected chi connectivity index (χ1v) is 6.79. The number of aromatic carboxylic acids is 1. The summed E-state index contributed by atoms with van der Waals surface area (Å²) in [4.78, 5) is 37.2. The minimum Gasteiger partial charge on any atom is -0.477 e. The minimum atomic E-state index is -1.41. The third kappa shape index (κ3) is 1.82. The number of carboxylic acids is 1. The zero-order chi connectivity index (χ0) is 16.2. The molecule has 0 saturated carbocycles. The largest absolute Gasteiger partial charge is 0.477 e. The second-order valence-electron chi connectivity index (χ2n) is 5.57. The van der Waals surface area contributed by atoms with Gasteiger partial charge in [0.05, 0.1) is 13.2 Å². The summed E-state index contributed by atoms with van der Waals surface area (Å²) in [7, 11) is 0. The lowest BCUT2D eigenvalue weighted by atomic mass is 10.0. The van der Waals surface area contributed by atoms with E-state index < -0.39 is 28.7 Å². The van der Waals surface area contributed by atoms with Crippen molar-refractivity contribution >= 4 is 17.6 Å². The highest BCUT2D eigenvalue weighted by atomic mass is 16.5. The first kappa shape index (κ1) is 14.5. The van der Waals surface area contributed by atoms with Crippen LogP contribution in [-0.4, -0.2) is 44.9 Å². The Bertz CT molecular complexity index is 743. The van der Waals surface area contributed by atoms with E-state index in [-0.39, 0.29) is 24.0 Å². The van der Waals surface area contributed by atoms with Gasteiger partial charge < -0.3 is 20.1 Å². The number of nitrogens with two attached hydrogens (primary N) is 2. The molecule has 0 aromatic carbocycles. The third-order valence-corrected chi connectivity index (χ3v) is 4.10. The number of aromatic nitrogens is 1. The fraction of sp³-hybridized carbons (Fsp3) is 0.462. The van der Waals surface area contributed by atoms with E-state index in [2.05, 4.69) is 0 Å². The topological polar surface area (TPSA) is 141 Å². The van der Waals surface area contributed by atoms with Crippen LogP contribution in [0.1, 0.15) is 34.2 Å². The fourth-order valence-electron chi connectivity index (χ4n) is 3.03. The Kier molecular flexibility index (Phi) is 3.01. The zero-order valence-electron chi connectivity index (χ0n) is 11.9. The lowest BCUT2D eigenvalue weighted by Crippen LogP contribution is -2.70. The van der Waals surface area contributed by atoms with Crippen molar-refractivity contribution in [2.45, 2.75) is 31.8 Å². The maximum absolute atomic E-state index is 12.7. The molecule has 1 amide bonds. The van der Waals surface area contributed by atoms with Gasteiger partial charge in [-0.1, -0.05) is 0 Å². The van der Waals surface area contributed by atoms with E-state index in [0.717, 1.165) is 6.20 Å². The number of amides is 1. The van der Waals surface area contributed by atoms with Gasteiger partial charge in [-0.2, -0.15) is 0 Å². The second-order valence-corrected chi connectivity index (χ2v) is 5.57. The molecule has 5 N–H and O–H groups in total. The quantitative estimate of drug-likeness (QED) is 0.604. The van der Waals surface area contributed by atoms with Gasteiger partial charge in [-0.3, -0.25) is 20.2 Å². The van der Waals surface area contributed by atoms with Gasteiger partial charge >= 0.3 is 5.97 Å². The van der Waals surface area contributed by atoms with Crippen LogP contribution in [0.15, 0.2) is 11.0 Å². The Morgan fingerprint density at radius 3 is 2.82 bits per heavy atom. The van der Waals surface area contributed by atoms with Crippen molar-refractivity contribution in [1.29, 1.82) is 0 Å². The van der Waals surface area contributed by atoms with Crippen LogP contribution < -0.4 is 16.9 Å². The molecule has 22 heavy (non-hydrogen) atoms. The molecule has 0 unspecified atom stereocenters. The summed E-state index contributed by atoms with van der Waals surface area (Å²) < 4.78 is 6.82. The molecule has 2 atom stereocenters. The van der Waals surface area contributed by atoms with E-state index in [0.29, 0.717) is 13.0 Å². The number of hydrogen-bond donors (Lipinski definition) is 3. The molecular weight excluding hydrogens is 292 g/mol. The van der Waals surface area contributed by atoms with Crippen molar-refractivity contribution in [3.63, 3.8) is 0 Å². The van der Waals surface area contributed by atoms with Gasteiger partial charge in [0.2, 0.25) is 11.3 Å². The highest BCUT2D eigenvalue weighted by molar-refractivity contribution is 6.00. The summed E-state index contributed by atoms with van der Waals surface area (Å²) in [5.41, 5.74) is 10.1. The molecule has 0 spiro atoms. The predicted octanol–water partition coefficient (Wildman–Crippen LogP) is -0.994. The summed E-state index contributed by atoms with van der Waals surface area (Å²) in [6, 6.07) is -0.173. The second kappa shape index (κ2) is 4.55. The Morgan fingerprint density at radius 1 is 1.50 bits per heavy atom. The molecule has 9 heteroatoms. The average Bonchev–Trinajstić information content (AvgIpc) is 2.41. The van der Waals surface area contributed by atoms with Crippen molar-refractivity contribution in [2.24, 2.45) is 5.73 Å². The number of anilines is 1. The highest BCUT2D eigenvalue weighted by Gasteiger charge is 2.49.